The van der Waals surface area contributed by atoms with E-state index in [2.05, 4.69) is 0 Å². The number of carboxylic acid groups (broad SMARTS) is 1. The second-order valence-corrected chi connectivity index (χ2v) is 6.34. The Morgan fingerprint density at radius 2 is 2.05 bits per heavy atom. The first-order valence-corrected chi connectivity index (χ1v) is 7.64. The van der Waals surface area contributed by atoms with Gasteiger partial charge in [-0.05, 0) is 12.8 Å². The molecule has 0 spiro atoms. The molecule has 0 radical (unpaired) electrons. The molecule has 2 aliphatic heterocycles. The van der Waals surface area contributed by atoms with Crippen LogP contribution in [0.1, 0.15) is 19.3 Å². The van der Waals surface area contributed by atoms with Crippen LogP contribution >= 0.6 is 11.8 Å². The van der Waals surface area contributed by atoms with Crippen LogP contribution in [0.4, 0.5) is 0 Å². The summed E-state index contributed by atoms with van der Waals surface area (Å²) in [4.78, 5) is 38.5. The van der Waals surface area contributed by atoms with E-state index in [0.717, 1.165) is 12.8 Å². The fourth-order valence-electron chi connectivity index (χ4n) is 2.74. The maximum Gasteiger partial charge on any atom is 0.327 e. The minimum Gasteiger partial charge on any atom is -0.480 e. The van der Waals surface area contributed by atoms with Crippen LogP contribution in [-0.2, 0) is 14.4 Å². The van der Waals surface area contributed by atoms with E-state index < -0.39 is 12.0 Å². The summed E-state index contributed by atoms with van der Waals surface area (Å²) in [7, 11) is 0. The van der Waals surface area contributed by atoms with Crippen LogP contribution in [0.5, 0.6) is 0 Å². The second-order valence-electron chi connectivity index (χ2n) is 5.34. The highest BCUT2D eigenvalue weighted by Crippen LogP contribution is 2.34. The zero-order valence-electron chi connectivity index (χ0n) is 10.4. The zero-order chi connectivity index (χ0) is 13.6. The van der Waals surface area contributed by atoms with E-state index >= 15 is 0 Å². The number of aliphatic carboxylic acids is 1. The van der Waals surface area contributed by atoms with Crippen LogP contribution in [-0.4, -0.2) is 62.9 Å². The first-order chi connectivity index (χ1) is 9.08. The van der Waals surface area contributed by atoms with E-state index in [-0.39, 0.29) is 24.2 Å². The van der Waals surface area contributed by atoms with E-state index in [4.69, 9.17) is 5.11 Å². The molecule has 3 fully saturated rings. The van der Waals surface area contributed by atoms with Gasteiger partial charge in [-0.25, -0.2) is 4.79 Å². The number of hydrogen-bond donors (Lipinski definition) is 1. The Morgan fingerprint density at radius 1 is 1.32 bits per heavy atom. The average molecular weight is 284 g/mol. The number of carbonyl (C=O) groups is 3. The standard InChI is InChI=1S/C12H16N2O4S/c15-10-3-7(4-13(10)8-1-2-8)11(16)14-6-19-5-9(14)12(17)18/h7-9H,1-6H2,(H,17,18)/t7?,9-/m0/s1. The van der Waals surface area contributed by atoms with Crippen molar-refractivity contribution in [3.63, 3.8) is 0 Å². The Morgan fingerprint density at radius 3 is 2.68 bits per heavy atom. The van der Waals surface area contributed by atoms with Gasteiger partial charge in [0.25, 0.3) is 0 Å². The number of thioether (sulfide) groups is 1. The third kappa shape index (κ3) is 2.31. The Bertz CT molecular complexity index is 437. The molecule has 1 aliphatic carbocycles. The number of carboxylic acids is 1. The lowest BCUT2D eigenvalue weighted by Gasteiger charge is -2.23. The number of likely N-dealkylation sites (tertiary alicyclic amines) is 1. The van der Waals surface area contributed by atoms with Crippen molar-refractivity contribution in [2.75, 3.05) is 18.2 Å². The van der Waals surface area contributed by atoms with Crippen LogP contribution in [0.3, 0.4) is 0 Å². The van der Waals surface area contributed by atoms with E-state index in [1.54, 1.807) is 4.90 Å². The van der Waals surface area contributed by atoms with Crippen LogP contribution in [0.25, 0.3) is 0 Å². The quantitative estimate of drug-likeness (QED) is 0.788. The second kappa shape index (κ2) is 4.70. The largest absolute Gasteiger partial charge is 0.480 e. The van der Waals surface area contributed by atoms with Gasteiger partial charge in [-0.15, -0.1) is 11.8 Å². The van der Waals surface area contributed by atoms with Gasteiger partial charge >= 0.3 is 5.97 Å². The van der Waals surface area contributed by atoms with Crippen LogP contribution in [0.15, 0.2) is 0 Å². The molecule has 2 amide bonds. The lowest BCUT2D eigenvalue weighted by molar-refractivity contribution is -0.149. The van der Waals surface area contributed by atoms with Crippen molar-refractivity contribution in [1.82, 2.24) is 9.80 Å². The third-order valence-electron chi connectivity index (χ3n) is 3.95. The van der Waals surface area contributed by atoms with Crippen molar-refractivity contribution < 1.29 is 19.5 Å². The van der Waals surface area contributed by atoms with Crippen molar-refractivity contribution >= 4 is 29.5 Å². The molecule has 19 heavy (non-hydrogen) atoms. The minimum atomic E-state index is -0.957. The molecular weight excluding hydrogens is 268 g/mol. The van der Waals surface area contributed by atoms with Gasteiger partial charge in [0.05, 0.1) is 11.8 Å². The van der Waals surface area contributed by atoms with Gasteiger partial charge < -0.3 is 14.9 Å². The molecule has 1 N–H and O–H groups in total. The topological polar surface area (TPSA) is 77.9 Å². The molecular formula is C12H16N2O4S. The molecule has 104 valence electrons. The monoisotopic (exact) mass is 284 g/mol. The number of hydrogen-bond acceptors (Lipinski definition) is 4. The van der Waals surface area contributed by atoms with Crippen molar-refractivity contribution in [3.05, 3.63) is 0 Å². The molecule has 3 aliphatic rings. The molecule has 6 nitrogen and oxygen atoms in total. The summed E-state index contributed by atoms with van der Waals surface area (Å²) >= 11 is 1.45. The molecule has 1 unspecified atom stereocenters. The van der Waals surface area contributed by atoms with Gasteiger partial charge in [-0.3, -0.25) is 9.59 Å². The molecule has 0 bridgehead atoms. The zero-order valence-corrected chi connectivity index (χ0v) is 11.3. The van der Waals surface area contributed by atoms with Gasteiger partial charge in [-0.1, -0.05) is 0 Å². The van der Waals surface area contributed by atoms with E-state index in [9.17, 15) is 14.4 Å². The Kier molecular flexibility index (Phi) is 3.16. The molecule has 2 atom stereocenters. The van der Waals surface area contributed by atoms with Crippen molar-refractivity contribution in [2.24, 2.45) is 5.92 Å². The number of nitrogens with zero attached hydrogens (tertiary/aromatic N) is 2. The van der Waals surface area contributed by atoms with Gasteiger partial charge in [-0.2, -0.15) is 0 Å². The lowest BCUT2D eigenvalue weighted by atomic mass is 10.1. The van der Waals surface area contributed by atoms with Crippen LogP contribution in [0, 0.1) is 5.92 Å². The van der Waals surface area contributed by atoms with Crippen molar-refractivity contribution in [3.8, 4) is 0 Å². The molecule has 2 heterocycles. The maximum absolute atomic E-state index is 12.4. The minimum absolute atomic E-state index is 0.0413. The number of amides is 2. The molecule has 0 aromatic carbocycles. The summed E-state index contributed by atoms with van der Waals surface area (Å²) in [5.74, 6) is -0.582. The molecule has 2 saturated heterocycles. The maximum atomic E-state index is 12.4. The highest BCUT2D eigenvalue weighted by atomic mass is 32.2. The summed E-state index contributed by atoms with van der Waals surface area (Å²) in [6, 6.07) is -0.406. The molecule has 3 rings (SSSR count). The summed E-state index contributed by atoms with van der Waals surface area (Å²) in [6.45, 7) is 0.468. The van der Waals surface area contributed by atoms with Crippen molar-refractivity contribution in [1.29, 1.82) is 0 Å². The van der Waals surface area contributed by atoms with Crippen LogP contribution in [0.2, 0.25) is 0 Å². The third-order valence-corrected chi connectivity index (χ3v) is 4.96. The predicted molar refractivity (Wildman–Crippen MR) is 68.4 cm³/mol. The number of carbonyl (C=O) groups excluding carboxylic acids is 2. The van der Waals surface area contributed by atoms with Gasteiger partial charge in [0, 0.05) is 24.8 Å². The lowest BCUT2D eigenvalue weighted by Crippen LogP contribution is -2.45. The fourth-order valence-corrected chi connectivity index (χ4v) is 3.89. The molecule has 0 aromatic rings. The SMILES string of the molecule is O=C(O)[C@@H]1CSCN1C(=O)C1CC(=O)N(C2CC2)C1. The first kappa shape index (κ1) is 12.8. The summed E-state index contributed by atoms with van der Waals surface area (Å²) in [5, 5.41) is 9.09. The molecule has 7 heteroatoms. The van der Waals surface area contributed by atoms with Gasteiger partial charge in [0.2, 0.25) is 11.8 Å². The Labute approximate surface area is 115 Å². The first-order valence-electron chi connectivity index (χ1n) is 6.48. The fraction of sp³-hybridized carbons (Fsp3) is 0.750. The summed E-state index contributed by atoms with van der Waals surface area (Å²) in [6.07, 6.45) is 2.30. The highest BCUT2D eigenvalue weighted by molar-refractivity contribution is 7.99. The Balaban J connectivity index is 1.67. The Hall–Kier alpha value is -1.24. The smallest absolute Gasteiger partial charge is 0.327 e. The summed E-state index contributed by atoms with van der Waals surface area (Å²) < 4.78 is 0. The highest BCUT2D eigenvalue weighted by Gasteiger charge is 2.45. The van der Waals surface area contributed by atoms with Crippen molar-refractivity contribution in [2.45, 2.75) is 31.3 Å². The van der Waals surface area contributed by atoms with Gasteiger partial charge in [0.15, 0.2) is 0 Å². The van der Waals surface area contributed by atoms with Crippen LogP contribution < -0.4 is 0 Å². The predicted octanol–water partition coefficient (Wildman–Crippen LogP) is -0.0166. The van der Waals surface area contributed by atoms with Gasteiger partial charge in [0.1, 0.15) is 6.04 Å². The molecule has 1 saturated carbocycles. The molecule has 0 aromatic heterocycles. The summed E-state index contributed by atoms with van der Waals surface area (Å²) in [5.41, 5.74) is 0. The van der Waals surface area contributed by atoms with E-state index in [1.807, 2.05) is 0 Å². The van der Waals surface area contributed by atoms with E-state index in [1.165, 1.54) is 16.7 Å². The number of rotatable bonds is 3. The van der Waals surface area contributed by atoms with E-state index in [0.29, 0.717) is 24.2 Å². The normalized spacial score (nSPS) is 31.1. The average Bonchev–Trinajstić information content (AvgIpc) is 2.95.